The van der Waals surface area contributed by atoms with Crippen molar-refractivity contribution in [3.05, 3.63) is 194 Å². The van der Waals surface area contributed by atoms with E-state index >= 15 is 0 Å². The van der Waals surface area contributed by atoms with Crippen LogP contribution >= 0.6 is 0 Å². The van der Waals surface area contributed by atoms with Gasteiger partial charge in [-0.1, -0.05) is 128 Å². The molecule has 0 aliphatic heterocycles. The van der Waals surface area contributed by atoms with Gasteiger partial charge in [-0.2, -0.15) is 0 Å². The molecule has 46 heavy (non-hydrogen) atoms. The third-order valence-electron chi connectivity index (χ3n) is 12.1. The Bertz CT molecular complexity index is 2020. The third kappa shape index (κ3) is 4.26. The highest BCUT2D eigenvalue weighted by Crippen LogP contribution is 2.49. The van der Waals surface area contributed by atoms with Crippen molar-refractivity contribution in [3.63, 3.8) is 0 Å². The maximum Gasteiger partial charge on any atom is 0.0131 e. The maximum absolute atomic E-state index is 2.59. The number of fused-ring (bicyclic) bond motifs is 8. The fraction of sp³-hybridized carbons (Fsp3) is 0.261. The lowest BCUT2D eigenvalue weighted by molar-refractivity contribution is 0.584. The third-order valence-corrected chi connectivity index (χ3v) is 12.1. The lowest BCUT2D eigenvalue weighted by Crippen LogP contribution is -2.24. The first-order valence-corrected chi connectivity index (χ1v) is 17.7. The Labute approximate surface area is 273 Å². The van der Waals surface area contributed by atoms with Gasteiger partial charge >= 0.3 is 0 Å². The largest absolute Gasteiger partial charge is 0.0839 e. The van der Waals surface area contributed by atoms with Crippen LogP contribution < -0.4 is 0 Å². The molecule has 0 amide bonds. The molecule has 0 spiro atoms. The summed E-state index contributed by atoms with van der Waals surface area (Å²) in [6.45, 7) is 0. The fourth-order valence-electron chi connectivity index (χ4n) is 9.66. The molecule has 10 rings (SSSR count). The normalized spacial score (nSPS) is 31.4. The van der Waals surface area contributed by atoms with Crippen molar-refractivity contribution in [2.45, 2.75) is 50.9 Å². The fourth-order valence-corrected chi connectivity index (χ4v) is 9.66. The van der Waals surface area contributed by atoms with E-state index in [1.165, 1.54) is 58.3 Å². The first-order chi connectivity index (χ1) is 22.8. The monoisotopic (exact) mass is 592 g/mol. The van der Waals surface area contributed by atoms with E-state index in [1.807, 2.05) is 0 Å². The summed E-state index contributed by atoms with van der Waals surface area (Å²) in [5, 5.41) is 0. The van der Waals surface area contributed by atoms with Crippen LogP contribution in [0.4, 0.5) is 0 Å². The number of benzene rings is 1. The highest BCUT2D eigenvalue weighted by atomic mass is 14.4. The van der Waals surface area contributed by atoms with Gasteiger partial charge in [-0.05, 0) is 117 Å². The van der Waals surface area contributed by atoms with E-state index in [-0.39, 0.29) is 0 Å². The van der Waals surface area contributed by atoms with Gasteiger partial charge in [0.15, 0.2) is 0 Å². The Balaban J connectivity index is 0.915. The van der Waals surface area contributed by atoms with Gasteiger partial charge in [0, 0.05) is 29.6 Å². The van der Waals surface area contributed by atoms with E-state index in [2.05, 4.69) is 128 Å². The summed E-state index contributed by atoms with van der Waals surface area (Å²) in [6, 6.07) is 8.92. The molecule has 0 radical (unpaired) electrons. The van der Waals surface area contributed by atoms with Gasteiger partial charge in [0.25, 0.3) is 0 Å². The zero-order valence-electron chi connectivity index (χ0n) is 26.5. The molecule has 0 bridgehead atoms. The Hall–Kier alpha value is -4.42. The van der Waals surface area contributed by atoms with E-state index in [1.54, 1.807) is 33.4 Å². The molecule has 5 atom stereocenters. The highest BCUT2D eigenvalue weighted by molar-refractivity contribution is 5.65. The molecule has 1 aromatic rings. The van der Waals surface area contributed by atoms with Gasteiger partial charge in [0.2, 0.25) is 0 Å². The van der Waals surface area contributed by atoms with Crippen LogP contribution in [0.1, 0.15) is 62.0 Å². The lowest BCUT2D eigenvalue weighted by Gasteiger charge is -2.37. The predicted molar refractivity (Wildman–Crippen MR) is 192 cm³/mol. The second kappa shape index (κ2) is 10.6. The summed E-state index contributed by atoms with van der Waals surface area (Å²) in [6.07, 6.45) is 49.9. The first-order valence-electron chi connectivity index (χ1n) is 17.7. The summed E-state index contributed by atoms with van der Waals surface area (Å²) >= 11 is 0. The van der Waals surface area contributed by atoms with Crippen molar-refractivity contribution in [2.75, 3.05) is 0 Å². The number of allylic oxidation sites excluding steroid dienone is 27. The van der Waals surface area contributed by atoms with E-state index < -0.39 is 0 Å². The molecule has 0 saturated heterocycles. The average molecular weight is 593 g/mol. The predicted octanol–water partition coefficient (Wildman–Crippen LogP) is 11.4. The Kier molecular flexibility index (Phi) is 6.15. The Morgan fingerprint density at radius 2 is 1.20 bits per heavy atom. The Morgan fingerprint density at radius 3 is 2.07 bits per heavy atom. The zero-order valence-corrected chi connectivity index (χ0v) is 26.5. The van der Waals surface area contributed by atoms with Crippen molar-refractivity contribution in [1.82, 2.24) is 0 Å². The van der Waals surface area contributed by atoms with Gasteiger partial charge < -0.3 is 0 Å². The molecule has 0 N–H and O–H groups in total. The van der Waals surface area contributed by atoms with Gasteiger partial charge in [0.1, 0.15) is 0 Å². The van der Waals surface area contributed by atoms with Crippen molar-refractivity contribution in [1.29, 1.82) is 0 Å². The average Bonchev–Trinajstić information content (AvgIpc) is 3.13. The maximum atomic E-state index is 2.59. The van der Waals surface area contributed by atoms with Crippen molar-refractivity contribution in [2.24, 2.45) is 23.7 Å². The van der Waals surface area contributed by atoms with Crippen LogP contribution in [0.2, 0.25) is 0 Å². The molecule has 224 valence electrons. The molecule has 5 unspecified atom stereocenters. The lowest BCUT2D eigenvalue weighted by atomic mass is 9.67. The summed E-state index contributed by atoms with van der Waals surface area (Å²) in [5.41, 5.74) is 19.7. The SMILES string of the molecule is C1=CC2=C(C=CC3C4=C(C=CC23)CCC(C2=CC=C3C=C(C5=CC6=C(C=CC7c8ccccc8C=CC67)CC5)C=CC3C2)=C4)CC1. The van der Waals surface area contributed by atoms with Gasteiger partial charge in [-0.15, -0.1) is 0 Å². The van der Waals surface area contributed by atoms with Crippen LogP contribution in [0.5, 0.6) is 0 Å². The van der Waals surface area contributed by atoms with Crippen molar-refractivity contribution < 1.29 is 0 Å². The molecular weight excluding hydrogens is 553 g/mol. The van der Waals surface area contributed by atoms with Crippen molar-refractivity contribution >= 4 is 6.08 Å². The zero-order chi connectivity index (χ0) is 30.2. The smallest absolute Gasteiger partial charge is 0.0131 e. The molecule has 0 fully saturated rings. The van der Waals surface area contributed by atoms with Gasteiger partial charge in [-0.3, -0.25) is 0 Å². The minimum absolute atomic E-state index is 0.446. The number of rotatable bonds is 2. The molecule has 0 aromatic heterocycles. The van der Waals surface area contributed by atoms with Crippen LogP contribution in [0.25, 0.3) is 6.08 Å². The second-order valence-corrected chi connectivity index (χ2v) is 14.5. The number of hydrogen-bond donors (Lipinski definition) is 0. The number of hydrogen-bond acceptors (Lipinski definition) is 0. The quantitative estimate of drug-likeness (QED) is 0.320. The van der Waals surface area contributed by atoms with Crippen LogP contribution in [0.3, 0.4) is 0 Å². The van der Waals surface area contributed by atoms with E-state index in [4.69, 9.17) is 0 Å². The molecule has 0 nitrogen and oxygen atoms in total. The van der Waals surface area contributed by atoms with Crippen LogP contribution in [-0.2, 0) is 0 Å². The van der Waals surface area contributed by atoms with E-state index in [9.17, 15) is 0 Å². The molecular formula is C46H40. The van der Waals surface area contributed by atoms with Crippen LogP contribution in [0.15, 0.2) is 183 Å². The standard InChI is InChI=1S/C46H40/c1-3-7-39-29(5-1)17-23-43-41(39)21-19-31-9-11-37(27-45(31)43)35-15-13-34-26-36(16-14-33(34)25-35)38-12-10-32-20-22-42-40-8-4-2-6-30(40)18-24-44(42)46(32)28-38/h1,3-5,7-8,13-25,27-28,34,41-44H,2,6,9-12,26H2. The molecule has 0 saturated carbocycles. The van der Waals surface area contributed by atoms with Gasteiger partial charge in [0.05, 0.1) is 0 Å². The first kappa shape index (κ1) is 26.8. The summed E-state index contributed by atoms with van der Waals surface area (Å²) in [7, 11) is 0. The molecule has 1 aromatic carbocycles. The second-order valence-electron chi connectivity index (χ2n) is 14.5. The highest BCUT2D eigenvalue weighted by Gasteiger charge is 2.35. The van der Waals surface area contributed by atoms with Crippen molar-refractivity contribution in [3.8, 4) is 0 Å². The minimum atomic E-state index is 0.446. The summed E-state index contributed by atoms with van der Waals surface area (Å²) in [5.74, 6) is 2.36. The van der Waals surface area contributed by atoms with Crippen LogP contribution in [-0.4, -0.2) is 0 Å². The molecule has 9 aliphatic carbocycles. The summed E-state index contributed by atoms with van der Waals surface area (Å²) in [4.78, 5) is 0. The van der Waals surface area contributed by atoms with E-state index in [0.29, 0.717) is 29.6 Å². The minimum Gasteiger partial charge on any atom is -0.0839 e. The summed E-state index contributed by atoms with van der Waals surface area (Å²) < 4.78 is 0. The van der Waals surface area contributed by atoms with E-state index in [0.717, 1.165) is 25.7 Å². The van der Waals surface area contributed by atoms with Crippen LogP contribution in [0, 0.1) is 23.7 Å². The molecule has 0 heteroatoms. The van der Waals surface area contributed by atoms with Gasteiger partial charge in [-0.25, -0.2) is 0 Å². The molecule has 0 heterocycles. The topological polar surface area (TPSA) is 0 Å². The molecule has 9 aliphatic rings. The Morgan fingerprint density at radius 1 is 0.500 bits per heavy atom.